The zero-order chi connectivity index (χ0) is 12.4. The van der Waals surface area contributed by atoms with Crippen molar-refractivity contribution >= 4 is 11.6 Å². The van der Waals surface area contributed by atoms with E-state index < -0.39 is 0 Å². The van der Waals surface area contributed by atoms with E-state index in [0.29, 0.717) is 11.6 Å². The number of Topliss-reactive ketones (excluding diaryl/α,β-unsaturated/α-hetero) is 2. The smallest absolute Gasteiger partial charge is 0.142 e. The van der Waals surface area contributed by atoms with Crippen LogP contribution in [0.2, 0.25) is 0 Å². The van der Waals surface area contributed by atoms with E-state index in [4.69, 9.17) is 0 Å². The van der Waals surface area contributed by atoms with Crippen LogP contribution in [0, 0.1) is 22.7 Å². The summed E-state index contributed by atoms with van der Waals surface area (Å²) in [5.74, 6) is 1.21. The van der Waals surface area contributed by atoms with Crippen molar-refractivity contribution in [1.29, 1.82) is 0 Å². The molecule has 0 bridgehead atoms. The first kappa shape index (κ1) is 11.2. The Bertz CT molecular complexity index is 371. The molecule has 4 rings (SSSR count). The van der Waals surface area contributed by atoms with Crippen LogP contribution in [0.4, 0.5) is 0 Å². The fourth-order valence-corrected chi connectivity index (χ4v) is 5.67. The number of rotatable bonds is 0. The Morgan fingerprint density at radius 2 is 1.00 bits per heavy atom. The van der Waals surface area contributed by atoms with Crippen LogP contribution in [-0.4, -0.2) is 11.6 Å². The van der Waals surface area contributed by atoms with Gasteiger partial charge in [-0.3, -0.25) is 9.59 Å². The Labute approximate surface area is 109 Å². The first-order valence-electron chi connectivity index (χ1n) is 7.76. The van der Waals surface area contributed by atoms with Gasteiger partial charge in [0.25, 0.3) is 0 Å². The van der Waals surface area contributed by atoms with Crippen molar-refractivity contribution in [1.82, 2.24) is 0 Å². The minimum Gasteiger partial charge on any atom is -0.299 e. The molecule has 0 N–H and O–H groups in total. The molecule has 18 heavy (non-hydrogen) atoms. The zero-order valence-corrected chi connectivity index (χ0v) is 11.0. The first-order valence-corrected chi connectivity index (χ1v) is 7.76. The van der Waals surface area contributed by atoms with Crippen molar-refractivity contribution in [3.05, 3.63) is 0 Å². The number of carbonyl (C=O) groups excluding carboxylic acids is 2. The SMILES string of the molecule is O=C1[C@H]2CC3(CCCC3)C(=O)[C@H]2CC12CCCC2. The van der Waals surface area contributed by atoms with Crippen LogP contribution >= 0.6 is 0 Å². The van der Waals surface area contributed by atoms with Crippen molar-refractivity contribution in [3.63, 3.8) is 0 Å². The van der Waals surface area contributed by atoms with Crippen LogP contribution in [0.3, 0.4) is 0 Å². The molecule has 0 aliphatic heterocycles. The molecule has 0 heterocycles. The summed E-state index contributed by atoms with van der Waals surface area (Å²) in [5, 5.41) is 0. The second kappa shape index (κ2) is 3.46. The minimum absolute atomic E-state index is 0.0504. The Morgan fingerprint density at radius 3 is 1.33 bits per heavy atom. The van der Waals surface area contributed by atoms with Gasteiger partial charge in [0, 0.05) is 22.7 Å². The predicted molar refractivity (Wildman–Crippen MR) is 68.0 cm³/mol. The molecule has 2 spiro atoms. The summed E-state index contributed by atoms with van der Waals surface area (Å²) in [6.45, 7) is 0. The maximum absolute atomic E-state index is 12.7. The number of hydrogen-bond acceptors (Lipinski definition) is 2. The molecule has 4 saturated carbocycles. The molecule has 4 aliphatic carbocycles. The molecule has 0 saturated heterocycles. The van der Waals surface area contributed by atoms with Gasteiger partial charge in [-0.15, -0.1) is 0 Å². The third-order valence-electron chi connectivity index (χ3n) is 6.55. The molecular formula is C16H22O2. The van der Waals surface area contributed by atoms with Crippen LogP contribution in [0.1, 0.15) is 64.2 Å². The molecule has 2 atom stereocenters. The molecule has 0 amide bonds. The van der Waals surface area contributed by atoms with Crippen LogP contribution < -0.4 is 0 Å². The Kier molecular flexibility index (Phi) is 2.15. The molecule has 2 heteroatoms. The lowest BCUT2D eigenvalue weighted by molar-refractivity contribution is -0.129. The van der Waals surface area contributed by atoms with Crippen LogP contribution in [0.15, 0.2) is 0 Å². The average Bonchev–Trinajstić information content (AvgIpc) is 3.10. The number of hydrogen-bond donors (Lipinski definition) is 0. The highest BCUT2D eigenvalue weighted by atomic mass is 16.1. The average molecular weight is 246 g/mol. The third kappa shape index (κ3) is 1.20. The quantitative estimate of drug-likeness (QED) is 0.657. The molecular weight excluding hydrogens is 224 g/mol. The maximum Gasteiger partial charge on any atom is 0.142 e. The van der Waals surface area contributed by atoms with Gasteiger partial charge in [-0.1, -0.05) is 25.7 Å². The van der Waals surface area contributed by atoms with Crippen molar-refractivity contribution in [2.24, 2.45) is 22.7 Å². The molecule has 2 nitrogen and oxygen atoms in total. The van der Waals surface area contributed by atoms with Crippen LogP contribution in [0.25, 0.3) is 0 Å². The van der Waals surface area contributed by atoms with Gasteiger partial charge in [0.1, 0.15) is 11.6 Å². The van der Waals surface area contributed by atoms with E-state index in [1.54, 1.807) is 0 Å². The van der Waals surface area contributed by atoms with Crippen molar-refractivity contribution in [2.45, 2.75) is 64.2 Å². The van der Waals surface area contributed by atoms with Gasteiger partial charge < -0.3 is 0 Å². The van der Waals surface area contributed by atoms with Gasteiger partial charge in [0.2, 0.25) is 0 Å². The largest absolute Gasteiger partial charge is 0.299 e. The fourth-order valence-electron chi connectivity index (χ4n) is 5.67. The minimum atomic E-state index is -0.0504. The lowest BCUT2D eigenvalue weighted by Gasteiger charge is -2.27. The number of carbonyl (C=O) groups is 2. The second-order valence-electron chi connectivity index (χ2n) is 7.32. The number of fused-ring (bicyclic) bond motifs is 1. The number of ketones is 2. The van der Waals surface area contributed by atoms with Crippen LogP contribution in [0.5, 0.6) is 0 Å². The van der Waals surface area contributed by atoms with Crippen molar-refractivity contribution in [2.75, 3.05) is 0 Å². The van der Waals surface area contributed by atoms with E-state index in [-0.39, 0.29) is 22.7 Å². The van der Waals surface area contributed by atoms with E-state index >= 15 is 0 Å². The molecule has 98 valence electrons. The second-order valence-corrected chi connectivity index (χ2v) is 7.32. The Balaban J connectivity index is 1.66. The highest BCUT2D eigenvalue weighted by Gasteiger charge is 2.64. The third-order valence-corrected chi connectivity index (χ3v) is 6.55. The first-order chi connectivity index (χ1) is 8.67. The van der Waals surface area contributed by atoms with Gasteiger partial charge in [0.05, 0.1) is 0 Å². The molecule has 0 aromatic carbocycles. The van der Waals surface area contributed by atoms with Gasteiger partial charge in [-0.2, -0.15) is 0 Å². The summed E-state index contributed by atoms with van der Waals surface area (Å²) >= 11 is 0. The summed E-state index contributed by atoms with van der Waals surface area (Å²) in [7, 11) is 0. The van der Waals surface area contributed by atoms with Crippen molar-refractivity contribution < 1.29 is 9.59 Å². The van der Waals surface area contributed by atoms with E-state index in [1.165, 1.54) is 25.7 Å². The zero-order valence-electron chi connectivity index (χ0n) is 11.0. The lowest BCUT2D eigenvalue weighted by atomic mass is 9.75. The topological polar surface area (TPSA) is 34.1 Å². The highest BCUT2D eigenvalue weighted by molar-refractivity contribution is 6.02. The highest BCUT2D eigenvalue weighted by Crippen LogP contribution is 2.62. The van der Waals surface area contributed by atoms with Gasteiger partial charge in [-0.25, -0.2) is 0 Å². The summed E-state index contributed by atoms with van der Waals surface area (Å²) in [4.78, 5) is 25.5. The van der Waals surface area contributed by atoms with Crippen LogP contribution in [-0.2, 0) is 9.59 Å². The molecule has 0 radical (unpaired) electrons. The summed E-state index contributed by atoms with van der Waals surface area (Å²) in [6.07, 6.45) is 10.9. The van der Waals surface area contributed by atoms with Gasteiger partial charge in [0.15, 0.2) is 0 Å². The van der Waals surface area contributed by atoms with Gasteiger partial charge in [-0.05, 0) is 38.5 Å². The van der Waals surface area contributed by atoms with Gasteiger partial charge >= 0.3 is 0 Å². The maximum atomic E-state index is 12.7. The van der Waals surface area contributed by atoms with E-state index in [1.807, 2.05) is 0 Å². The normalized spacial score (nSPS) is 40.2. The fraction of sp³-hybridized carbons (Fsp3) is 0.875. The lowest BCUT2D eigenvalue weighted by Crippen LogP contribution is -2.30. The summed E-state index contributed by atoms with van der Waals surface area (Å²) in [6, 6.07) is 0. The molecule has 0 unspecified atom stereocenters. The van der Waals surface area contributed by atoms with Crippen molar-refractivity contribution in [3.8, 4) is 0 Å². The molecule has 0 aromatic rings. The summed E-state index contributed by atoms with van der Waals surface area (Å²) in [5.41, 5.74) is -0.101. The van der Waals surface area contributed by atoms with E-state index in [9.17, 15) is 9.59 Å². The predicted octanol–water partition coefficient (Wildman–Crippen LogP) is 3.29. The monoisotopic (exact) mass is 246 g/mol. The summed E-state index contributed by atoms with van der Waals surface area (Å²) < 4.78 is 0. The standard InChI is InChI=1S/C16H22O2/c17-13-12-10-16(7-3-4-8-16)14(18)11(12)9-15(13)5-1-2-6-15/h11-12H,1-10H2/t11-,12-/m0/s1. The Hall–Kier alpha value is -0.660. The van der Waals surface area contributed by atoms with E-state index in [2.05, 4.69) is 0 Å². The Morgan fingerprint density at radius 1 is 0.667 bits per heavy atom. The molecule has 4 fully saturated rings. The molecule has 0 aromatic heterocycles. The van der Waals surface area contributed by atoms with E-state index in [0.717, 1.165) is 38.5 Å². The molecule has 4 aliphatic rings.